The van der Waals surface area contributed by atoms with Crippen LogP contribution >= 0.6 is 0 Å². The van der Waals surface area contributed by atoms with Crippen molar-refractivity contribution in [2.45, 2.75) is 38.7 Å². The van der Waals surface area contributed by atoms with Crippen LogP contribution < -0.4 is 0 Å². The molecule has 0 unspecified atom stereocenters. The summed E-state index contributed by atoms with van der Waals surface area (Å²) in [5.41, 5.74) is 0. The molecule has 1 aliphatic rings. The maximum Gasteiger partial charge on any atom is 0.331 e. The Bertz CT molecular complexity index is 261. The van der Waals surface area contributed by atoms with Gasteiger partial charge in [-0.1, -0.05) is 12.8 Å². The molecule has 1 aliphatic carbocycles. The van der Waals surface area contributed by atoms with Crippen LogP contribution in [-0.4, -0.2) is 19.6 Å². The Morgan fingerprint density at radius 1 is 1.33 bits per heavy atom. The van der Waals surface area contributed by atoms with E-state index in [0.717, 1.165) is 32.6 Å². The van der Waals surface area contributed by atoms with Crippen LogP contribution in [0.3, 0.4) is 0 Å². The van der Waals surface area contributed by atoms with Crippen molar-refractivity contribution in [3.63, 3.8) is 0 Å². The predicted molar refractivity (Wildman–Crippen MR) is 42.9 cm³/mol. The largest absolute Gasteiger partial charge is 0.331 e. The Labute approximate surface area is 72.0 Å². The van der Waals surface area contributed by atoms with Crippen LogP contribution in [0.25, 0.3) is 0 Å². The normalized spacial score (nSPS) is 19.8. The van der Waals surface area contributed by atoms with Gasteiger partial charge in [0.15, 0.2) is 0 Å². The van der Waals surface area contributed by atoms with Gasteiger partial charge in [-0.3, -0.25) is 8.98 Å². The molecule has 0 aliphatic heterocycles. The molecule has 1 saturated carbocycles. The Morgan fingerprint density at radius 3 is 2.25 bits per heavy atom. The number of hydrogen-bond donors (Lipinski definition) is 0. The molecule has 4 nitrogen and oxygen atoms in total. The van der Waals surface area contributed by atoms with Gasteiger partial charge in [-0.2, -0.15) is 8.42 Å². The summed E-state index contributed by atoms with van der Waals surface area (Å²) in [4.78, 5) is 10.5. The average molecular weight is 192 g/mol. The summed E-state index contributed by atoms with van der Waals surface area (Å²) in [6.45, 7) is 1.00. The van der Waals surface area contributed by atoms with E-state index >= 15 is 0 Å². The molecule has 0 radical (unpaired) electrons. The molecule has 5 heteroatoms. The number of carbonyl (C=O) groups excluding carboxylic acids is 1. The molecule has 1 fully saturated rings. The van der Waals surface area contributed by atoms with Crippen molar-refractivity contribution in [2.24, 2.45) is 0 Å². The summed E-state index contributed by atoms with van der Waals surface area (Å²) in [7, 11) is -3.92. The first-order valence-electron chi connectivity index (χ1n) is 3.96. The molecule has 0 aromatic heterocycles. The van der Waals surface area contributed by atoms with Gasteiger partial charge in [0.25, 0.3) is 5.12 Å². The molecule has 0 bridgehead atoms. The standard InChI is InChI=1S/C7H12O4S/c1-6(8)12(9,10)11-7-4-2-3-5-7/h7H,2-5H2,1H3. The van der Waals surface area contributed by atoms with Crippen molar-refractivity contribution in [3.05, 3.63) is 0 Å². The lowest BCUT2D eigenvalue weighted by Gasteiger charge is -2.07. The molecule has 1 rings (SSSR count). The molecule has 0 amide bonds. The predicted octanol–water partition coefficient (Wildman–Crippen LogP) is 0.822. The number of rotatable bonds is 2. The van der Waals surface area contributed by atoms with Gasteiger partial charge in [0.2, 0.25) is 0 Å². The highest BCUT2D eigenvalue weighted by molar-refractivity contribution is 8.01. The number of hydrogen-bond acceptors (Lipinski definition) is 4. The molecule has 0 aromatic carbocycles. The van der Waals surface area contributed by atoms with Gasteiger partial charge in [0.1, 0.15) is 0 Å². The third-order valence-corrected chi connectivity index (χ3v) is 3.15. The van der Waals surface area contributed by atoms with Crippen LogP contribution in [0.4, 0.5) is 0 Å². The fraction of sp³-hybridized carbons (Fsp3) is 0.857. The van der Waals surface area contributed by atoms with Crippen LogP contribution in [-0.2, 0) is 19.1 Å². The summed E-state index contributed by atoms with van der Waals surface area (Å²) in [5.74, 6) is 0. The molecule has 0 saturated heterocycles. The van der Waals surface area contributed by atoms with E-state index in [9.17, 15) is 13.2 Å². The third-order valence-electron chi connectivity index (χ3n) is 1.92. The minimum atomic E-state index is -3.92. The van der Waals surface area contributed by atoms with Crippen LogP contribution in [0.5, 0.6) is 0 Å². The second kappa shape index (κ2) is 3.53. The first-order valence-corrected chi connectivity index (χ1v) is 5.37. The molecular formula is C7H12O4S. The van der Waals surface area contributed by atoms with Gasteiger partial charge in [0.05, 0.1) is 6.10 Å². The molecule has 70 valence electrons. The second-order valence-corrected chi connectivity index (χ2v) is 4.62. The zero-order chi connectivity index (χ0) is 9.19. The summed E-state index contributed by atoms with van der Waals surface area (Å²) in [6, 6.07) is 0. The van der Waals surface area contributed by atoms with Crippen molar-refractivity contribution >= 4 is 15.2 Å². The molecule has 0 atom stereocenters. The topological polar surface area (TPSA) is 60.4 Å². The average Bonchev–Trinajstić information content (AvgIpc) is 2.38. The molecular weight excluding hydrogens is 180 g/mol. The lowest BCUT2D eigenvalue weighted by molar-refractivity contribution is -0.110. The minimum absolute atomic E-state index is 0.265. The van der Waals surface area contributed by atoms with Gasteiger partial charge in [-0.25, -0.2) is 0 Å². The van der Waals surface area contributed by atoms with Crippen LogP contribution in [0.15, 0.2) is 0 Å². The maximum absolute atomic E-state index is 10.9. The first kappa shape index (κ1) is 9.67. The summed E-state index contributed by atoms with van der Waals surface area (Å²) < 4.78 is 26.5. The Kier molecular flexibility index (Phi) is 2.85. The van der Waals surface area contributed by atoms with Gasteiger partial charge in [0, 0.05) is 6.92 Å². The lowest BCUT2D eigenvalue weighted by atomic mass is 10.3. The highest BCUT2D eigenvalue weighted by Gasteiger charge is 2.26. The third kappa shape index (κ3) is 2.28. The van der Waals surface area contributed by atoms with Gasteiger partial charge in [-0.05, 0) is 12.8 Å². The molecule has 0 aromatic rings. The Morgan fingerprint density at radius 2 is 1.83 bits per heavy atom. The van der Waals surface area contributed by atoms with Crippen molar-refractivity contribution in [3.8, 4) is 0 Å². The van der Waals surface area contributed by atoms with Crippen molar-refractivity contribution < 1.29 is 17.4 Å². The van der Waals surface area contributed by atoms with Gasteiger partial charge < -0.3 is 0 Å². The van der Waals surface area contributed by atoms with E-state index in [2.05, 4.69) is 4.18 Å². The Balaban J connectivity index is 2.55. The lowest BCUT2D eigenvalue weighted by Crippen LogP contribution is -2.20. The molecule has 0 N–H and O–H groups in total. The fourth-order valence-corrected chi connectivity index (χ4v) is 1.92. The van der Waals surface area contributed by atoms with E-state index in [1.807, 2.05) is 0 Å². The van der Waals surface area contributed by atoms with Gasteiger partial charge >= 0.3 is 10.1 Å². The highest BCUT2D eigenvalue weighted by Crippen LogP contribution is 2.22. The maximum atomic E-state index is 10.9. The minimum Gasteiger partial charge on any atom is -0.279 e. The zero-order valence-corrected chi connectivity index (χ0v) is 7.76. The van der Waals surface area contributed by atoms with E-state index in [4.69, 9.17) is 0 Å². The van der Waals surface area contributed by atoms with Gasteiger partial charge in [-0.15, -0.1) is 0 Å². The van der Waals surface area contributed by atoms with E-state index in [-0.39, 0.29) is 6.10 Å². The van der Waals surface area contributed by atoms with Crippen LogP contribution in [0.1, 0.15) is 32.6 Å². The molecule has 12 heavy (non-hydrogen) atoms. The highest BCUT2D eigenvalue weighted by atomic mass is 32.2. The zero-order valence-electron chi connectivity index (χ0n) is 6.95. The van der Waals surface area contributed by atoms with E-state index in [1.54, 1.807) is 0 Å². The molecule has 0 heterocycles. The SMILES string of the molecule is CC(=O)S(=O)(=O)OC1CCCC1. The van der Waals surface area contributed by atoms with E-state index < -0.39 is 15.2 Å². The van der Waals surface area contributed by atoms with E-state index in [1.165, 1.54) is 0 Å². The first-order chi connectivity index (χ1) is 5.52. The fourth-order valence-electron chi connectivity index (χ4n) is 1.23. The Hall–Kier alpha value is -0.420. The summed E-state index contributed by atoms with van der Waals surface area (Å²) in [6.07, 6.45) is 3.19. The summed E-state index contributed by atoms with van der Waals surface area (Å²) >= 11 is 0. The summed E-state index contributed by atoms with van der Waals surface area (Å²) in [5, 5.41) is -0.908. The molecule has 0 spiro atoms. The monoisotopic (exact) mass is 192 g/mol. The van der Waals surface area contributed by atoms with Crippen LogP contribution in [0, 0.1) is 0 Å². The smallest absolute Gasteiger partial charge is 0.279 e. The van der Waals surface area contributed by atoms with Crippen molar-refractivity contribution in [1.29, 1.82) is 0 Å². The van der Waals surface area contributed by atoms with Crippen LogP contribution in [0.2, 0.25) is 0 Å². The van der Waals surface area contributed by atoms with Crippen molar-refractivity contribution in [1.82, 2.24) is 0 Å². The van der Waals surface area contributed by atoms with E-state index in [0.29, 0.717) is 0 Å². The quantitative estimate of drug-likeness (QED) is 0.608. The van der Waals surface area contributed by atoms with Crippen molar-refractivity contribution in [2.75, 3.05) is 0 Å². The number of carbonyl (C=O) groups is 1. The second-order valence-electron chi connectivity index (χ2n) is 2.95.